The number of hydrogen-bond donors (Lipinski definition) is 0. The molecule has 1 aromatic rings. The van der Waals surface area contributed by atoms with Gasteiger partial charge in [-0.25, -0.2) is 9.97 Å². The summed E-state index contributed by atoms with van der Waals surface area (Å²) in [6.07, 6.45) is 1.99. The lowest BCUT2D eigenvalue weighted by Crippen LogP contribution is -2.33. The Morgan fingerprint density at radius 3 is 2.50 bits per heavy atom. The molecule has 4 heteroatoms. The normalized spacial score (nSPS) is 12.6. The molecule has 1 rings (SSSR count). The zero-order valence-corrected chi connectivity index (χ0v) is 12.1. The van der Waals surface area contributed by atoms with Crippen LogP contribution in [0, 0.1) is 0 Å². The van der Waals surface area contributed by atoms with Gasteiger partial charge in [0.15, 0.2) is 0 Å². The highest BCUT2D eigenvalue weighted by Gasteiger charge is 2.13. The predicted molar refractivity (Wildman–Crippen MR) is 71.9 cm³/mol. The molecule has 0 aliphatic rings. The van der Waals surface area contributed by atoms with Crippen molar-refractivity contribution in [2.45, 2.75) is 46.6 Å². The van der Waals surface area contributed by atoms with E-state index in [1.807, 2.05) is 6.07 Å². The smallest absolute Gasteiger partial charge is 0.133 e. The lowest BCUT2D eigenvalue weighted by molar-refractivity contribution is 0.620. The van der Waals surface area contributed by atoms with Gasteiger partial charge in [-0.05, 0) is 36.2 Å². The molecule has 0 saturated carbocycles. The monoisotopic (exact) mass is 285 g/mol. The van der Waals surface area contributed by atoms with Crippen molar-refractivity contribution < 1.29 is 0 Å². The van der Waals surface area contributed by atoms with Gasteiger partial charge in [-0.1, -0.05) is 13.8 Å². The van der Waals surface area contributed by atoms with Crippen molar-refractivity contribution in [1.82, 2.24) is 9.97 Å². The van der Waals surface area contributed by atoms with E-state index >= 15 is 0 Å². The summed E-state index contributed by atoms with van der Waals surface area (Å²) in [5.41, 5.74) is 0. The van der Waals surface area contributed by atoms with Crippen molar-refractivity contribution in [3.8, 4) is 0 Å². The Morgan fingerprint density at radius 1 is 1.31 bits per heavy atom. The van der Waals surface area contributed by atoms with Crippen LogP contribution in [0.2, 0.25) is 0 Å². The second-order valence-corrected chi connectivity index (χ2v) is 4.67. The number of nitrogens with zero attached hydrogens (tertiary/aromatic N) is 3. The van der Waals surface area contributed by atoms with E-state index in [-0.39, 0.29) is 0 Å². The van der Waals surface area contributed by atoms with E-state index in [1.54, 1.807) is 0 Å². The van der Waals surface area contributed by atoms with Gasteiger partial charge < -0.3 is 4.90 Å². The highest BCUT2D eigenvalue weighted by atomic mass is 79.9. The maximum absolute atomic E-state index is 4.58. The summed E-state index contributed by atoms with van der Waals surface area (Å²) in [5, 5.41) is 0. The highest BCUT2D eigenvalue weighted by Crippen LogP contribution is 2.19. The summed E-state index contributed by atoms with van der Waals surface area (Å²) >= 11 is 3.44. The summed E-state index contributed by atoms with van der Waals surface area (Å²) in [7, 11) is 0. The average Bonchev–Trinajstić information content (AvgIpc) is 2.29. The van der Waals surface area contributed by atoms with Crippen molar-refractivity contribution in [3.05, 3.63) is 16.5 Å². The van der Waals surface area contributed by atoms with Crippen molar-refractivity contribution in [1.29, 1.82) is 0 Å². The number of hydrogen-bond acceptors (Lipinski definition) is 3. The van der Waals surface area contributed by atoms with Crippen LogP contribution in [0.3, 0.4) is 0 Å². The van der Waals surface area contributed by atoms with Crippen LogP contribution in [0.15, 0.2) is 10.7 Å². The highest BCUT2D eigenvalue weighted by molar-refractivity contribution is 9.10. The Hall–Kier alpha value is -0.640. The summed E-state index contributed by atoms with van der Waals surface area (Å²) in [5.74, 6) is 1.92. The van der Waals surface area contributed by atoms with Gasteiger partial charge in [-0.15, -0.1) is 0 Å². The Bertz CT molecular complexity index is 341. The second kappa shape index (κ2) is 6.18. The number of halogens is 1. The van der Waals surface area contributed by atoms with Crippen molar-refractivity contribution in [2.24, 2.45) is 0 Å². The van der Waals surface area contributed by atoms with E-state index in [9.17, 15) is 0 Å². The van der Waals surface area contributed by atoms with E-state index in [2.05, 4.69) is 58.5 Å². The average molecular weight is 286 g/mol. The first-order chi connectivity index (χ1) is 7.62. The fourth-order valence-electron chi connectivity index (χ4n) is 1.68. The molecular weight excluding hydrogens is 266 g/mol. The van der Waals surface area contributed by atoms with E-state index < -0.39 is 0 Å². The molecule has 0 spiro atoms. The Kier molecular flexibility index (Phi) is 5.19. The van der Waals surface area contributed by atoms with Gasteiger partial charge in [0.1, 0.15) is 16.2 Å². The summed E-state index contributed by atoms with van der Waals surface area (Å²) in [6.45, 7) is 9.63. The van der Waals surface area contributed by atoms with Crippen LogP contribution in [0.25, 0.3) is 0 Å². The Balaban J connectivity index is 3.04. The van der Waals surface area contributed by atoms with E-state index in [0.717, 1.165) is 35.6 Å². The minimum atomic E-state index is 0.511. The van der Waals surface area contributed by atoms with E-state index in [1.165, 1.54) is 0 Å². The minimum absolute atomic E-state index is 0.511. The Labute approximate surface area is 106 Å². The zero-order chi connectivity index (χ0) is 12.1. The van der Waals surface area contributed by atoms with Gasteiger partial charge in [0.05, 0.1) is 0 Å². The van der Waals surface area contributed by atoms with Crippen LogP contribution in [0.4, 0.5) is 5.82 Å². The Morgan fingerprint density at radius 2 is 2.00 bits per heavy atom. The van der Waals surface area contributed by atoms with Crippen LogP contribution < -0.4 is 4.90 Å². The van der Waals surface area contributed by atoms with Crippen molar-refractivity contribution >= 4 is 21.7 Å². The van der Waals surface area contributed by atoms with Gasteiger partial charge in [0.2, 0.25) is 0 Å². The molecular formula is C12H20BrN3. The molecule has 0 aliphatic carbocycles. The minimum Gasteiger partial charge on any atom is -0.354 e. The SMILES string of the molecule is CCc1nc(Br)cc(N(CC)C(C)CC)n1. The first-order valence-corrected chi connectivity index (χ1v) is 6.71. The first kappa shape index (κ1) is 13.4. The molecule has 90 valence electrons. The third-order valence-electron chi connectivity index (χ3n) is 2.80. The molecule has 0 N–H and O–H groups in total. The van der Waals surface area contributed by atoms with Gasteiger partial charge in [-0.2, -0.15) is 0 Å². The van der Waals surface area contributed by atoms with Crippen molar-refractivity contribution in [2.75, 3.05) is 11.4 Å². The molecule has 0 aliphatic heterocycles. The summed E-state index contributed by atoms with van der Waals surface area (Å²) in [6, 6.07) is 2.51. The number of aromatic nitrogens is 2. The van der Waals surface area contributed by atoms with E-state index in [0.29, 0.717) is 6.04 Å². The van der Waals surface area contributed by atoms with Crippen LogP contribution in [-0.2, 0) is 6.42 Å². The molecule has 0 amide bonds. The molecule has 1 atom stereocenters. The lowest BCUT2D eigenvalue weighted by atomic mass is 10.2. The van der Waals surface area contributed by atoms with Gasteiger partial charge in [0, 0.05) is 25.1 Å². The molecule has 1 heterocycles. The molecule has 0 aromatic carbocycles. The maximum Gasteiger partial charge on any atom is 0.133 e. The lowest BCUT2D eigenvalue weighted by Gasteiger charge is -2.28. The summed E-state index contributed by atoms with van der Waals surface area (Å²) < 4.78 is 0.871. The van der Waals surface area contributed by atoms with Gasteiger partial charge in [0.25, 0.3) is 0 Å². The topological polar surface area (TPSA) is 29.0 Å². The van der Waals surface area contributed by atoms with E-state index in [4.69, 9.17) is 0 Å². The van der Waals surface area contributed by atoms with Crippen LogP contribution >= 0.6 is 15.9 Å². The fraction of sp³-hybridized carbons (Fsp3) is 0.667. The number of rotatable bonds is 5. The molecule has 1 aromatic heterocycles. The number of aryl methyl sites for hydroxylation is 1. The quantitative estimate of drug-likeness (QED) is 0.777. The maximum atomic E-state index is 4.58. The van der Waals surface area contributed by atoms with Gasteiger partial charge in [-0.3, -0.25) is 0 Å². The third-order valence-corrected chi connectivity index (χ3v) is 3.21. The largest absolute Gasteiger partial charge is 0.354 e. The van der Waals surface area contributed by atoms with Crippen molar-refractivity contribution in [3.63, 3.8) is 0 Å². The van der Waals surface area contributed by atoms with Crippen LogP contribution in [-0.4, -0.2) is 22.6 Å². The molecule has 0 fully saturated rings. The standard InChI is InChI=1S/C12H20BrN3/c1-5-9(4)16(7-3)12-8-10(13)14-11(6-2)15-12/h8-9H,5-7H2,1-4H3. The summed E-state index contributed by atoms with van der Waals surface area (Å²) in [4.78, 5) is 11.2. The second-order valence-electron chi connectivity index (χ2n) is 3.86. The van der Waals surface area contributed by atoms with Gasteiger partial charge >= 0.3 is 0 Å². The molecule has 3 nitrogen and oxygen atoms in total. The molecule has 1 unspecified atom stereocenters. The fourth-order valence-corrected chi connectivity index (χ4v) is 2.09. The molecule has 0 radical (unpaired) electrons. The zero-order valence-electron chi connectivity index (χ0n) is 10.5. The first-order valence-electron chi connectivity index (χ1n) is 5.92. The van der Waals surface area contributed by atoms with Crippen LogP contribution in [0.5, 0.6) is 0 Å². The molecule has 16 heavy (non-hydrogen) atoms. The molecule has 0 saturated heterocycles. The van der Waals surface area contributed by atoms with Crippen LogP contribution in [0.1, 0.15) is 39.9 Å². The third kappa shape index (κ3) is 3.17. The molecule has 0 bridgehead atoms. The predicted octanol–water partition coefficient (Wildman–Crippen LogP) is 3.43. The number of anilines is 1.